The van der Waals surface area contributed by atoms with Crippen LogP contribution >= 0.6 is 0 Å². The van der Waals surface area contributed by atoms with E-state index in [1.165, 1.54) is 38.2 Å². The second-order valence-corrected chi connectivity index (χ2v) is 7.92. The lowest BCUT2D eigenvalue weighted by Gasteiger charge is -2.57. The number of para-hydroxylation sites is 1. The molecule has 5 rings (SSSR count). The third-order valence-corrected chi connectivity index (χ3v) is 6.48. The van der Waals surface area contributed by atoms with Crippen molar-refractivity contribution >= 4 is 5.69 Å². The summed E-state index contributed by atoms with van der Waals surface area (Å²) in [6, 6.07) is 10.9. The topological polar surface area (TPSA) is 6.48 Å². The first kappa shape index (κ1) is 14.3. The highest BCUT2D eigenvalue weighted by molar-refractivity contribution is 5.46. The Morgan fingerprint density at radius 1 is 1.05 bits per heavy atom. The summed E-state index contributed by atoms with van der Waals surface area (Å²) in [5.74, 6) is 1.81. The number of fused-ring (bicyclic) bond motifs is 1. The molecule has 3 aliphatic carbocycles. The number of nitrogens with zero attached hydrogens (tertiary/aromatic N) is 2. The van der Waals surface area contributed by atoms with Crippen molar-refractivity contribution in [3.8, 4) is 0 Å². The van der Waals surface area contributed by atoms with Crippen molar-refractivity contribution in [1.82, 2.24) is 4.90 Å². The molecule has 1 heterocycles. The molecule has 2 nitrogen and oxygen atoms in total. The van der Waals surface area contributed by atoms with Gasteiger partial charge in [-0.1, -0.05) is 43.7 Å². The Kier molecular flexibility index (Phi) is 3.53. The molecular weight excluding hydrogens is 268 g/mol. The summed E-state index contributed by atoms with van der Waals surface area (Å²) < 4.78 is 0. The quantitative estimate of drug-likeness (QED) is 0.783. The first-order chi connectivity index (χ1) is 10.6. The number of hydrogen-bond acceptors (Lipinski definition) is 2. The van der Waals surface area contributed by atoms with Gasteiger partial charge in [0.15, 0.2) is 0 Å². The molecule has 1 aliphatic heterocycles. The molecule has 1 saturated heterocycles. The molecule has 2 fully saturated rings. The molecule has 2 unspecified atom stereocenters. The summed E-state index contributed by atoms with van der Waals surface area (Å²) in [5, 5.41) is 0. The predicted molar refractivity (Wildman–Crippen MR) is 93.2 cm³/mol. The van der Waals surface area contributed by atoms with Crippen molar-refractivity contribution in [2.45, 2.75) is 26.7 Å². The van der Waals surface area contributed by atoms with Gasteiger partial charge in [-0.05, 0) is 42.2 Å². The van der Waals surface area contributed by atoms with E-state index in [9.17, 15) is 0 Å². The molecule has 1 aromatic carbocycles. The highest BCUT2D eigenvalue weighted by Crippen LogP contribution is 2.59. The largest absolute Gasteiger partial charge is 0.369 e. The second kappa shape index (κ2) is 5.42. The molecule has 2 heteroatoms. The van der Waals surface area contributed by atoms with Gasteiger partial charge in [-0.15, -0.1) is 0 Å². The monoisotopic (exact) mass is 296 g/mol. The van der Waals surface area contributed by atoms with Gasteiger partial charge in [0.05, 0.1) is 0 Å². The standard InChI is InChI=1S/C20H28N2/c1-20(2)17-9-8-16(19(20)14-17)15-21-10-12-22(13-11-21)18-6-4-3-5-7-18/h3-8,17,19H,9-15H2,1-2H3. The van der Waals surface area contributed by atoms with Crippen molar-refractivity contribution in [1.29, 1.82) is 0 Å². The van der Waals surface area contributed by atoms with E-state index in [0.29, 0.717) is 5.41 Å². The fourth-order valence-corrected chi connectivity index (χ4v) is 4.72. The smallest absolute Gasteiger partial charge is 0.0367 e. The molecule has 2 bridgehead atoms. The first-order valence-corrected chi connectivity index (χ1v) is 8.86. The number of hydrogen-bond donors (Lipinski definition) is 0. The Balaban J connectivity index is 1.34. The van der Waals surface area contributed by atoms with Crippen LogP contribution in [0.1, 0.15) is 26.7 Å². The van der Waals surface area contributed by atoms with Gasteiger partial charge >= 0.3 is 0 Å². The zero-order valence-electron chi connectivity index (χ0n) is 14.0. The Morgan fingerprint density at radius 2 is 1.77 bits per heavy atom. The Morgan fingerprint density at radius 3 is 2.41 bits per heavy atom. The van der Waals surface area contributed by atoms with Crippen LogP contribution in [-0.2, 0) is 0 Å². The van der Waals surface area contributed by atoms with Gasteiger partial charge in [0, 0.05) is 38.4 Å². The molecule has 1 aromatic rings. The van der Waals surface area contributed by atoms with Gasteiger partial charge in [-0.2, -0.15) is 0 Å². The maximum Gasteiger partial charge on any atom is 0.0367 e. The summed E-state index contributed by atoms with van der Waals surface area (Å²) in [5.41, 5.74) is 3.68. The summed E-state index contributed by atoms with van der Waals surface area (Å²) in [6.45, 7) is 10.9. The van der Waals surface area contributed by atoms with Crippen LogP contribution in [0, 0.1) is 17.3 Å². The van der Waals surface area contributed by atoms with Crippen LogP contribution in [0.15, 0.2) is 42.0 Å². The van der Waals surface area contributed by atoms with Crippen LogP contribution in [0.4, 0.5) is 5.69 Å². The van der Waals surface area contributed by atoms with E-state index in [4.69, 9.17) is 0 Å². The van der Waals surface area contributed by atoms with Crippen LogP contribution in [0.25, 0.3) is 0 Å². The van der Waals surface area contributed by atoms with Gasteiger partial charge in [-0.25, -0.2) is 0 Å². The van der Waals surface area contributed by atoms with Gasteiger partial charge in [-0.3, -0.25) is 4.90 Å². The lowest BCUT2D eigenvalue weighted by atomic mass is 9.49. The molecule has 118 valence electrons. The molecule has 1 saturated carbocycles. The fourth-order valence-electron chi connectivity index (χ4n) is 4.72. The Labute approximate surface area is 134 Å². The number of rotatable bonds is 3. The van der Waals surface area contributed by atoms with E-state index in [1.54, 1.807) is 5.57 Å². The summed E-state index contributed by atoms with van der Waals surface area (Å²) in [4.78, 5) is 5.19. The Hall–Kier alpha value is -1.28. The minimum absolute atomic E-state index is 0.565. The molecule has 0 radical (unpaired) electrons. The number of benzene rings is 1. The third-order valence-electron chi connectivity index (χ3n) is 6.48. The highest BCUT2D eigenvalue weighted by atomic mass is 15.3. The minimum atomic E-state index is 0.565. The average Bonchev–Trinajstić information content (AvgIpc) is 2.56. The van der Waals surface area contributed by atoms with Crippen molar-refractivity contribution in [2.24, 2.45) is 17.3 Å². The van der Waals surface area contributed by atoms with Crippen LogP contribution < -0.4 is 4.90 Å². The van der Waals surface area contributed by atoms with Gasteiger partial charge in [0.1, 0.15) is 0 Å². The predicted octanol–water partition coefficient (Wildman–Crippen LogP) is 3.80. The van der Waals surface area contributed by atoms with Crippen molar-refractivity contribution < 1.29 is 0 Å². The first-order valence-electron chi connectivity index (χ1n) is 8.86. The Bertz CT molecular complexity index is 552. The zero-order valence-corrected chi connectivity index (χ0v) is 14.0. The summed E-state index contributed by atoms with van der Waals surface area (Å²) in [6.07, 6.45) is 5.33. The van der Waals surface area contributed by atoms with Crippen molar-refractivity contribution in [2.75, 3.05) is 37.6 Å². The van der Waals surface area contributed by atoms with Gasteiger partial charge < -0.3 is 4.90 Å². The normalized spacial score (nSPS) is 30.6. The van der Waals surface area contributed by atoms with Gasteiger partial charge in [0.25, 0.3) is 0 Å². The van der Waals surface area contributed by atoms with E-state index < -0.39 is 0 Å². The fraction of sp³-hybridized carbons (Fsp3) is 0.600. The lowest BCUT2D eigenvalue weighted by molar-refractivity contribution is -0.0107. The van der Waals surface area contributed by atoms with Crippen LogP contribution in [0.2, 0.25) is 0 Å². The van der Waals surface area contributed by atoms with E-state index in [0.717, 1.165) is 24.9 Å². The molecule has 4 aliphatic rings. The number of anilines is 1. The average molecular weight is 296 g/mol. The van der Waals surface area contributed by atoms with E-state index in [2.05, 4.69) is 60.1 Å². The molecule has 2 atom stereocenters. The lowest BCUT2D eigenvalue weighted by Crippen LogP contribution is -2.52. The molecule has 0 amide bonds. The number of piperazine rings is 1. The third kappa shape index (κ3) is 2.38. The van der Waals surface area contributed by atoms with Gasteiger partial charge in [0.2, 0.25) is 0 Å². The highest BCUT2D eigenvalue weighted by Gasteiger charge is 2.51. The minimum Gasteiger partial charge on any atom is -0.369 e. The zero-order chi connectivity index (χ0) is 15.2. The van der Waals surface area contributed by atoms with E-state index in [1.807, 2.05) is 0 Å². The van der Waals surface area contributed by atoms with E-state index in [-0.39, 0.29) is 0 Å². The molecular formula is C20H28N2. The maximum absolute atomic E-state index is 2.67. The van der Waals surface area contributed by atoms with Crippen LogP contribution in [0.5, 0.6) is 0 Å². The molecule has 0 aromatic heterocycles. The summed E-state index contributed by atoms with van der Waals surface area (Å²) in [7, 11) is 0. The summed E-state index contributed by atoms with van der Waals surface area (Å²) >= 11 is 0. The molecule has 0 N–H and O–H groups in total. The SMILES string of the molecule is CC1(C)C2CC=C(CN3CCN(c4ccccc4)CC3)C1C2. The van der Waals surface area contributed by atoms with E-state index >= 15 is 0 Å². The molecule has 22 heavy (non-hydrogen) atoms. The van der Waals surface area contributed by atoms with Crippen molar-refractivity contribution in [3.05, 3.63) is 42.0 Å². The number of allylic oxidation sites excluding steroid dienone is 1. The molecule has 0 spiro atoms. The van der Waals surface area contributed by atoms with Crippen molar-refractivity contribution in [3.63, 3.8) is 0 Å². The van der Waals surface area contributed by atoms with Crippen LogP contribution in [-0.4, -0.2) is 37.6 Å². The maximum atomic E-state index is 2.67. The second-order valence-electron chi connectivity index (χ2n) is 7.92. The van der Waals surface area contributed by atoms with Crippen LogP contribution in [0.3, 0.4) is 0 Å².